The highest BCUT2D eigenvalue weighted by molar-refractivity contribution is 7.89. The maximum atomic E-state index is 12.5. The standard InChI is InChI=1S/C14H19ClN2O2S2/c1-14(7-3-2-4-8-14)17-21(18,19)12-6-5-10(13(16)20)9-11(12)15/h5-6,9,17H,2-4,7-8H2,1H3,(H2,16,20). The van der Waals surface area contributed by atoms with Crippen molar-refractivity contribution in [2.45, 2.75) is 49.5 Å². The number of sulfonamides is 1. The molecule has 1 aromatic rings. The molecule has 1 saturated carbocycles. The second-order valence-corrected chi connectivity index (χ2v) is 8.23. The van der Waals surface area contributed by atoms with Gasteiger partial charge in [-0.05, 0) is 31.9 Å². The van der Waals surface area contributed by atoms with Crippen molar-refractivity contribution in [3.8, 4) is 0 Å². The van der Waals surface area contributed by atoms with E-state index in [1.165, 1.54) is 12.1 Å². The van der Waals surface area contributed by atoms with Crippen LogP contribution in [0.4, 0.5) is 0 Å². The van der Waals surface area contributed by atoms with E-state index in [1.807, 2.05) is 6.92 Å². The molecule has 2 rings (SSSR count). The molecule has 0 aromatic heterocycles. The van der Waals surface area contributed by atoms with Crippen LogP contribution in [0.15, 0.2) is 23.1 Å². The Hall–Kier alpha value is -0.690. The molecule has 0 amide bonds. The summed E-state index contributed by atoms with van der Waals surface area (Å²) in [5, 5.41) is 0.132. The summed E-state index contributed by atoms with van der Waals surface area (Å²) in [5.74, 6) is 0. The van der Waals surface area contributed by atoms with Crippen LogP contribution in [0.3, 0.4) is 0 Å². The van der Waals surface area contributed by atoms with Crippen molar-refractivity contribution in [1.29, 1.82) is 0 Å². The molecule has 0 atom stereocenters. The molecule has 3 N–H and O–H groups in total. The minimum atomic E-state index is -3.66. The Morgan fingerprint density at radius 3 is 2.48 bits per heavy atom. The van der Waals surface area contributed by atoms with Gasteiger partial charge < -0.3 is 5.73 Å². The van der Waals surface area contributed by atoms with Crippen LogP contribution in [-0.4, -0.2) is 18.9 Å². The van der Waals surface area contributed by atoms with Gasteiger partial charge in [0.25, 0.3) is 0 Å². The molecule has 0 heterocycles. The van der Waals surface area contributed by atoms with Crippen LogP contribution in [-0.2, 0) is 10.0 Å². The summed E-state index contributed by atoms with van der Waals surface area (Å²) >= 11 is 10.9. The van der Waals surface area contributed by atoms with Crippen LogP contribution >= 0.6 is 23.8 Å². The van der Waals surface area contributed by atoms with Gasteiger partial charge in [-0.2, -0.15) is 0 Å². The Balaban J connectivity index is 2.29. The lowest BCUT2D eigenvalue weighted by atomic mass is 9.84. The SMILES string of the molecule is CC1(NS(=O)(=O)c2ccc(C(N)=S)cc2Cl)CCCCC1. The van der Waals surface area contributed by atoms with Crippen LogP contribution < -0.4 is 10.5 Å². The molecular formula is C14H19ClN2O2S2. The van der Waals surface area contributed by atoms with E-state index in [1.54, 1.807) is 6.07 Å². The molecule has 1 aliphatic rings. The van der Waals surface area contributed by atoms with Crippen LogP contribution in [0.2, 0.25) is 5.02 Å². The Labute approximate surface area is 136 Å². The van der Waals surface area contributed by atoms with E-state index < -0.39 is 15.6 Å². The number of thiocarbonyl (C=S) groups is 1. The van der Waals surface area contributed by atoms with Crippen molar-refractivity contribution < 1.29 is 8.42 Å². The van der Waals surface area contributed by atoms with E-state index in [0.29, 0.717) is 5.56 Å². The molecule has 1 fully saturated rings. The summed E-state index contributed by atoms with van der Waals surface area (Å²) in [7, 11) is -3.66. The first-order valence-electron chi connectivity index (χ1n) is 6.87. The molecule has 0 aliphatic heterocycles. The average Bonchev–Trinajstić information content (AvgIpc) is 2.37. The molecule has 0 bridgehead atoms. The summed E-state index contributed by atoms with van der Waals surface area (Å²) < 4.78 is 27.9. The smallest absolute Gasteiger partial charge is 0.242 e. The predicted molar refractivity (Wildman–Crippen MR) is 89.2 cm³/mol. The number of nitrogens with one attached hydrogen (secondary N) is 1. The normalized spacial score (nSPS) is 18.4. The van der Waals surface area contributed by atoms with Gasteiger partial charge in [0.2, 0.25) is 10.0 Å². The van der Waals surface area contributed by atoms with Crippen molar-refractivity contribution in [3.63, 3.8) is 0 Å². The minimum absolute atomic E-state index is 0.0657. The molecule has 4 nitrogen and oxygen atoms in total. The van der Waals surface area contributed by atoms with E-state index in [2.05, 4.69) is 4.72 Å². The Morgan fingerprint density at radius 2 is 1.95 bits per heavy atom. The second kappa shape index (κ2) is 6.20. The van der Waals surface area contributed by atoms with Crippen LogP contribution in [0.5, 0.6) is 0 Å². The molecule has 7 heteroatoms. The van der Waals surface area contributed by atoms with Gasteiger partial charge in [0.1, 0.15) is 9.88 Å². The van der Waals surface area contributed by atoms with E-state index in [4.69, 9.17) is 29.6 Å². The quantitative estimate of drug-likeness (QED) is 0.822. The average molecular weight is 347 g/mol. The summed E-state index contributed by atoms with van der Waals surface area (Å²) in [6.07, 6.45) is 4.91. The lowest BCUT2D eigenvalue weighted by Gasteiger charge is -2.34. The van der Waals surface area contributed by atoms with Crippen molar-refractivity contribution in [3.05, 3.63) is 28.8 Å². The lowest BCUT2D eigenvalue weighted by Crippen LogP contribution is -2.47. The summed E-state index contributed by atoms with van der Waals surface area (Å²) in [6, 6.07) is 4.51. The van der Waals surface area contributed by atoms with Gasteiger partial charge >= 0.3 is 0 Å². The van der Waals surface area contributed by atoms with Crippen LogP contribution in [0, 0.1) is 0 Å². The third-order valence-electron chi connectivity index (χ3n) is 3.84. The Morgan fingerprint density at radius 1 is 1.33 bits per heavy atom. The monoisotopic (exact) mass is 346 g/mol. The molecule has 1 aliphatic carbocycles. The highest BCUT2D eigenvalue weighted by atomic mass is 35.5. The third kappa shape index (κ3) is 3.94. The van der Waals surface area contributed by atoms with Gasteiger partial charge in [-0.25, -0.2) is 13.1 Å². The fourth-order valence-electron chi connectivity index (χ4n) is 2.69. The molecule has 0 spiro atoms. The Kier molecular flexibility index (Phi) is 4.92. The summed E-state index contributed by atoms with van der Waals surface area (Å²) in [5.41, 5.74) is 5.67. The van der Waals surface area contributed by atoms with Crippen molar-refractivity contribution in [2.75, 3.05) is 0 Å². The first-order chi connectivity index (χ1) is 9.73. The van der Waals surface area contributed by atoms with Gasteiger partial charge in [0.05, 0.1) is 5.02 Å². The van der Waals surface area contributed by atoms with Gasteiger partial charge in [0.15, 0.2) is 0 Å². The molecule has 0 unspecified atom stereocenters. The van der Waals surface area contributed by atoms with Crippen LogP contribution in [0.25, 0.3) is 0 Å². The Bertz CT molecular complexity index is 653. The summed E-state index contributed by atoms with van der Waals surface area (Å²) in [6.45, 7) is 1.95. The molecule has 0 radical (unpaired) electrons. The second-order valence-electron chi connectivity index (χ2n) is 5.74. The van der Waals surface area contributed by atoms with E-state index in [9.17, 15) is 8.42 Å². The third-order valence-corrected chi connectivity index (χ3v) is 6.20. The van der Waals surface area contributed by atoms with Gasteiger partial charge in [-0.15, -0.1) is 0 Å². The zero-order valence-electron chi connectivity index (χ0n) is 11.9. The molecule has 0 saturated heterocycles. The maximum absolute atomic E-state index is 12.5. The lowest BCUT2D eigenvalue weighted by molar-refractivity contribution is 0.294. The molecular weight excluding hydrogens is 328 g/mol. The maximum Gasteiger partial charge on any atom is 0.242 e. The minimum Gasteiger partial charge on any atom is -0.389 e. The molecule has 1 aromatic carbocycles. The zero-order chi connectivity index (χ0) is 15.7. The largest absolute Gasteiger partial charge is 0.389 e. The van der Waals surface area contributed by atoms with Crippen molar-refractivity contribution in [1.82, 2.24) is 4.72 Å². The zero-order valence-corrected chi connectivity index (χ0v) is 14.2. The highest BCUT2D eigenvalue weighted by Crippen LogP contribution is 2.31. The fourth-order valence-corrected chi connectivity index (χ4v) is 4.82. The first kappa shape index (κ1) is 16.7. The number of hydrogen-bond donors (Lipinski definition) is 2. The first-order valence-corrected chi connectivity index (χ1v) is 9.14. The van der Waals surface area contributed by atoms with E-state index in [0.717, 1.165) is 32.1 Å². The predicted octanol–water partition coefficient (Wildman–Crippen LogP) is 2.98. The number of benzene rings is 1. The van der Waals surface area contributed by atoms with E-state index in [-0.39, 0.29) is 14.9 Å². The number of nitrogens with two attached hydrogens (primary N) is 1. The fraction of sp³-hybridized carbons (Fsp3) is 0.500. The molecule has 116 valence electrons. The van der Waals surface area contributed by atoms with Crippen LogP contribution in [0.1, 0.15) is 44.6 Å². The van der Waals surface area contributed by atoms with E-state index >= 15 is 0 Å². The number of rotatable bonds is 4. The number of hydrogen-bond acceptors (Lipinski definition) is 3. The van der Waals surface area contributed by atoms with Crippen molar-refractivity contribution >= 4 is 38.8 Å². The van der Waals surface area contributed by atoms with Crippen molar-refractivity contribution in [2.24, 2.45) is 5.73 Å². The van der Waals surface area contributed by atoms with Gasteiger partial charge in [-0.1, -0.05) is 49.1 Å². The highest BCUT2D eigenvalue weighted by Gasteiger charge is 2.32. The summed E-state index contributed by atoms with van der Waals surface area (Å²) in [4.78, 5) is 0.254. The van der Waals surface area contributed by atoms with Gasteiger partial charge in [0, 0.05) is 11.1 Å². The van der Waals surface area contributed by atoms with Gasteiger partial charge in [-0.3, -0.25) is 0 Å². The molecule has 21 heavy (non-hydrogen) atoms. The number of halogens is 1. The topological polar surface area (TPSA) is 72.2 Å².